The van der Waals surface area contributed by atoms with Crippen LogP contribution in [0.1, 0.15) is 45.1 Å². The fourth-order valence-electron chi connectivity index (χ4n) is 3.90. The van der Waals surface area contributed by atoms with E-state index in [2.05, 4.69) is 53.3 Å². The summed E-state index contributed by atoms with van der Waals surface area (Å²) in [5.41, 5.74) is 2.99. The van der Waals surface area contributed by atoms with Gasteiger partial charge in [0.05, 0.1) is 17.3 Å². The summed E-state index contributed by atoms with van der Waals surface area (Å²) in [5.74, 6) is 1.20. The van der Waals surface area contributed by atoms with E-state index in [-0.39, 0.29) is 17.2 Å². The molecule has 1 fully saturated rings. The lowest BCUT2D eigenvalue weighted by molar-refractivity contribution is -0.121. The number of nitrogens with one attached hydrogen (secondary N) is 1. The van der Waals surface area contributed by atoms with Gasteiger partial charge >= 0.3 is 0 Å². The van der Waals surface area contributed by atoms with E-state index < -0.39 is 0 Å². The molecule has 1 N–H and O–H groups in total. The molecule has 3 aromatic rings. The quantitative estimate of drug-likeness (QED) is 0.550. The van der Waals surface area contributed by atoms with Crippen LogP contribution < -0.4 is 5.32 Å². The molecule has 4 rings (SSSR count). The van der Waals surface area contributed by atoms with E-state index in [1.807, 2.05) is 30.3 Å². The number of piperidine rings is 1. The summed E-state index contributed by atoms with van der Waals surface area (Å²) in [6.07, 6.45) is 1.57. The molecule has 0 radical (unpaired) electrons. The molecule has 0 unspecified atom stereocenters. The Kier molecular flexibility index (Phi) is 6.63. The average Bonchev–Trinajstić information content (AvgIpc) is 3.24. The highest BCUT2D eigenvalue weighted by molar-refractivity contribution is 6.33. The van der Waals surface area contributed by atoms with Crippen LogP contribution in [0.15, 0.2) is 53.1 Å². The van der Waals surface area contributed by atoms with Crippen molar-refractivity contribution in [3.63, 3.8) is 0 Å². The number of hydrogen-bond acceptors (Lipinski definition) is 5. The topological polar surface area (TPSA) is 71.3 Å². The van der Waals surface area contributed by atoms with Crippen molar-refractivity contribution in [2.45, 2.75) is 45.6 Å². The van der Waals surface area contributed by atoms with Crippen molar-refractivity contribution in [3.8, 4) is 11.4 Å². The number of likely N-dealkylation sites (tertiary alicyclic amines) is 1. The molecule has 1 saturated heterocycles. The number of nitrogens with zero attached hydrogens (tertiary/aromatic N) is 3. The fraction of sp³-hybridized carbons (Fsp3) is 0.400. The van der Waals surface area contributed by atoms with Crippen LogP contribution in [0.3, 0.4) is 0 Å². The maximum atomic E-state index is 12.6. The Hall–Kier alpha value is -2.70. The Morgan fingerprint density at radius 3 is 2.47 bits per heavy atom. The molecule has 32 heavy (non-hydrogen) atoms. The van der Waals surface area contributed by atoms with Crippen molar-refractivity contribution in [3.05, 3.63) is 65.0 Å². The summed E-state index contributed by atoms with van der Waals surface area (Å²) in [6, 6.07) is 15.6. The summed E-state index contributed by atoms with van der Waals surface area (Å²) >= 11 is 6.15. The number of para-hydroxylation sites is 1. The Morgan fingerprint density at radius 1 is 1.12 bits per heavy atom. The minimum absolute atomic E-state index is 0.0246. The lowest BCUT2D eigenvalue weighted by Crippen LogP contribution is -2.37. The molecule has 0 atom stereocenters. The summed E-state index contributed by atoms with van der Waals surface area (Å²) in [5, 5.41) is 7.66. The molecule has 1 aliphatic heterocycles. The number of carbonyl (C=O) groups is 1. The zero-order valence-electron chi connectivity index (χ0n) is 18.8. The Balaban J connectivity index is 1.30. The van der Waals surface area contributed by atoms with Crippen LogP contribution >= 0.6 is 11.6 Å². The van der Waals surface area contributed by atoms with Crippen molar-refractivity contribution in [2.75, 3.05) is 18.4 Å². The van der Waals surface area contributed by atoms with Crippen LogP contribution in [-0.2, 0) is 16.8 Å². The average molecular weight is 453 g/mol. The van der Waals surface area contributed by atoms with E-state index in [4.69, 9.17) is 16.1 Å². The molecular weight excluding hydrogens is 424 g/mol. The lowest BCUT2D eigenvalue weighted by Gasteiger charge is -2.30. The van der Waals surface area contributed by atoms with Gasteiger partial charge < -0.3 is 9.84 Å². The molecule has 2 aromatic carbocycles. The molecule has 7 heteroatoms. The van der Waals surface area contributed by atoms with Crippen LogP contribution in [0, 0.1) is 5.92 Å². The van der Waals surface area contributed by atoms with Crippen LogP contribution in [0.5, 0.6) is 0 Å². The van der Waals surface area contributed by atoms with E-state index in [9.17, 15) is 4.79 Å². The van der Waals surface area contributed by atoms with Gasteiger partial charge in [0.25, 0.3) is 0 Å². The first kappa shape index (κ1) is 22.5. The Labute approximate surface area is 194 Å². The van der Waals surface area contributed by atoms with Gasteiger partial charge in [0.15, 0.2) is 0 Å². The van der Waals surface area contributed by atoms with E-state index >= 15 is 0 Å². The minimum atomic E-state index is -0.0258. The smallest absolute Gasteiger partial charge is 0.241 e. The largest absolute Gasteiger partial charge is 0.338 e. The molecule has 0 bridgehead atoms. The summed E-state index contributed by atoms with van der Waals surface area (Å²) in [6.45, 7) is 8.78. The number of anilines is 1. The first-order chi connectivity index (χ1) is 15.3. The predicted molar refractivity (Wildman–Crippen MR) is 127 cm³/mol. The predicted octanol–water partition coefficient (Wildman–Crippen LogP) is 5.54. The van der Waals surface area contributed by atoms with Crippen molar-refractivity contribution in [1.82, 2.24) is 15.0 Å². The number of carbonyl (C=O) groups excluding carboxylic acids is 1. The number of rotatable bonds is 5. The van der Waals surface area contributed by atoms with Gasteiger partial charge in [0.2, 0.25) is 17.6 Å². The van der Waals surface area contributed by atoms with Crippen molar-refractivity contribution < 1.29 is 9.32 Å². The molecule has 1 amide bonds. The highest BCUT2D eigenvalue weighted by atomic mass is 35.5. The summed E-state index contributed by atoms with van der Waals surface area (Å²) in [7, 11) is 0. The third-order valence-electron chi connectivity index (χ3n) is 5.93. The zero-order valence-corrected chi connectivity index (χ0v) is 19.5. The second kappa shape index (κ2) is 9.43. The van der Waals surface area contributed by atoms with Crippen LogP contribution in [0.25, 0.3) is 11.4 Å². The SMILES string of the molecule is CC(C)(C)c1ccc(-c2noc(CN3CCC(C(=O)Nc4ccccc4Cl)CC3)n2)cc1. The molecule has 1 aliphatic rings. The Morgan fingerprint density at radius 2 is 1.81 bits per heavy atom. The highest BCUT2D eigenvalue weighted by Crippen LogP contribution is 2.26. The van der Waals surface area contributed by atoms with Gasteiger partial charge in [0.1, 0.15) is 0 Å². The zero-order chi connectivity index (χ0) is 22.7. The number of benzene rings is 2. The Bertz CT molecular complexity index is 1060. The first-order valence-electron chi connectivity index (χ1n) is 11.0. The first-order valence-corrected chi connectivity index (χ1v) is 11.4. The monoisotopic (exact) mass is 452 g/mol. The second-order valence-electron chi connectivity index (χ2n) is 9.36. The molecule has 6 nitrogen and oxygen atoms in total. The van der Waals surface area contributed by atoms with Crippen molar-refractivity contribution in [2.24, 2.45) is 5.92 Å². The van der Waals surface area contributed by atoms with Crippen LogP contribution in [0.2, 0.25) is 5.02 Å². The second-order valence-corrected chi connectivity index (χ2v) is 9.77. The highest BCUT2D eigenvalue weighted by Gasteiger charge is 2.26. The van der Waals surface area contributed by atoms with Gasteiger partial charge in [-0.05, 0) is 49.0 Å². The lowest BCUT2D eigenvalue weighted by atomic mass is 9.87. The van der Waals surface area contributed by atoms with E-state index in [1.54, 1.807) is 6.07 Å². The molecule has 168 valence electrons. The maximum Gasteiger partial charge on any atom is 0.241 e. The van der Waals surface area contributed by atoms with Gasteiger partial charge in [-0.3, -0.25) is 9.69 Å². The standard InChI is InChI=1S/C25H29ClN4O2/c1-25(2,3)19-10-8-17(9-11-19)23-28-22(32-29-23)16-30-14-12-18(13-15-30)24(31)27-21-7-5-4-6-20(21)26/h4-11,18H,12-16H2,1-3H3,(H,27,31). The third kappa shape index (κ3) is 5.37. The third-order valence-corrected chi connectivity index (χ3v) is 6.26. The fourth-order valence-corrected chi connectivity index (χ4v) is 4.08. The van der Waals surface area contributed by atoms with Crippen molar-refractivity contribution in [1.29, 1.82) is 0 Å². The van der Waals surface area contributed by atoms with Crippen LogP contribution in [-0.4, -0.2) is 34.0 Å². The van der Waals surface area contributed by atoms with Crippen molar-refractivity contribution >= 4 is 23.2 Å². The maximum absolute atomic E-state index is 12.6. The summed E-state index contributed by atoms with van der Waals surface area (Å²) < 4.78 is 5.49. The van der Waals surface area contributed by atoms with Crippen LogP contribution in [0.4, 0.5) is 5.69 Å². The van der Waals surface area contributed by atoms with Gasteiger partial charge in [-0.1, -0.05) is 73.9 Å². The molecule has 1 aromatic heterocycles. The van der Waals surface area contributed by atoms with Gasteiger partial charge in [-0.15, -0.1) is 0 Å². The number of amides is 1. The number of halogens is 1. The molecular formula is C25H29ClN4O2. The van der Waals surface area contributed by atoms with E-state index in [1.165, 1.54) is 5.56 Å². The number of aromatic nitrogens is 2. The molecule has 2 heterocycles. The van der Waals surface area contributed by atoms with E-state index in [0.717, 1.165) is 31.5 Å². The number of hydrogen-bond donors (Lipinski definition) is 1. The summed E-state index contributed by atoms with van der Waals surface area (Å²) in [4.78, 5) is 19.4. The molecule has 0 saturated carbocycles. The minimum Gasteiger partial charge on any atom is -0.338 e. The van der Waals surface area contributed by atoms with Gasteiger partial charge in [-0.25, -0.2) is 0 Å². The van der Waals surface area contributed by atoms with Gasteiger partial charge in [0, 0.05) is 11.5 Å². The molecule has 0 spiro atoms. The van der Waals surface area contributed by atoms with Gasteiger partial charge in [-0.2, -0.15) is 4.98 Å². The molecule has 0 aliphatic carbocycles. The normalized spacial score (nSPS) is 15.6. The van der Waals surface area contributed by atoms with E-state index in [0.29, 0.717) is 29.0 Å².